The quantitative estimate of drug-likeness (QED) is 0.212. The molecule has 4 aromatic carbocycles. The molecule has 202 valence electrons. The first-order valence-electron chi connectivity index (χ1n) is 12.3. The Hall–Kier alpha value is -5.38. The lowest BCUT2D eigenvalue weighted by Gasteiger charge is -2.36. The lowest BCUT2D eigenvalue weighted by Crippen LogP contribution is -2.32. The summed E-state index contributed by atoms with van der Waals surface area (Å²) in [7, 11) is 0. The third kappa shape index (κ3) is 3.97. The second kappa shape index (κ2) is 9.12. The van der Waals surface area contributed by atoms with Crippen LogP contribution in [0.2, 0.25) is 0 Å². The van der Waals surface area contributed by atoms with Crippen LogP contribution in [0.3, 0.4) is 0 Å². The largest absolute Gasteiger partial charge is 0.508 e. The second-order valence-corrected chi connectivity index (χ2v) is 9.67. The fraction of sp³-hybridized carbons (Fsp3) is 0.133. The summed E-state index contributed by atoms with van der Waals surface area (Å²) < 4.78 is 12.3. The van der Waals surface area contributed by atoms with Gasteiger partial charge in [-0.1, -0.05) is 24.3 Å². The van der Waals surface area contributed by atoms with Crippen molar-refractivity contribution in [2.75, 3.05) is 0 Å². The Kier molecular flexibility index (Phi) is 5.69. The summed E-state index contributed by atoms with van der Waals surface area (Å²) in [5.74, 6) is -4.97. The highest BCUT2D eigenvalue weighted by Gasteiger charge is 2.46. The van der Waals surface area contributed by atoms with Crippen LogP contribution in [0, 0.1) is 0 Å². The standard InChI is InChI=1S/C30H22O10/c31-15-5-1-13(2-6-15)22-12-21(37)24-19(35)11-20(36)26(30(24)39-22)27-28(38)25-18(34)9-17(33)10-23(25)40-29(27)14-3-7-16(32)8-4-14/h1-11,22,27,29,31-36H,12H2/t22?,27-,29+/m1/s1. The van der Waals surface area contributed by atoms with Crippen LogP contribution in [0.4, 0.5) is 0 Å². The lowest BCUT2D eigenvalue weighted by molar-refractivity contribution is 0.0739. The summed E-state index contributed by atoms with van der Waals surface area (Å²) in [6.45, 7) is 0. The van der Waals surface area contributed by atoms with Gasteiger partial charge >= 0.3 is 0 Å². The highest BCUT2D eigenvalue weighted by molar-refractivity contribution is 6.09. The summed E-state index contributed by atoms with van der Waals surface area (Å²) in [5, 5.41) is 61.9. The van der Waals surface area contributed by atoms with Gasteiger partial charge in [0.05, 0.1) is 17.9 Å². The molecule has 6 N–H and O–H groups in total. The molecule has 2 heterocycles. The smallest absolute Gasteiger partial charge is 0.182 e. The maximum Gasteiger partial charge on any atom is 0.182 e. The van der Waals surface area contributed by atoms with E-state index in [4.69, 9.17) is 9.47 Å². The third-order valence-corrected chi connectivity index (χ3v) is 7.14. The molecule has 0 radical (unpaired) electrons. The van der Waals surface area contributed by atoms with Crippen LogP contribution in [-0.2, 0) is 0 Å². The monoisotopic (exact) mass is 542 g/mol. The van der Waals surface area contributed by atoms with E-state index in [9.17, 15) is 40.2 Å². The Labute approximate surface area is 226 Å². The van der Waals surface area contributed by atoms with Gasteiger partial charge in [0, 0.05) is 18.2 Å². The van der Waals surface area contributed by atoms with Gasteiger partial charge in [0.15, 0.2) is 11.6 Å². The van der Waals surface area contributed by atoms with E-state index in [2.05, 4.69) is 0 Å². The first kappa shape index (κ1) is 24.9. The number of ether oxygens (including phenoxy) is 2. The van der Waals surface area contributed by atoms with Gasteiger partial charge in [-0.25, -0.2) is 0 Å². The summed E-state index contributed by atoms with van der Waals surface area (Å²) in [4.78, 5) is 27.4. The van der Waals surface area contributed by atoms with Crippen molar-refractivity contribution in [1.82, 2.24) is 0 Å². The molecule has 0 amide bonds. The molecule has 0 aromatic heterocycles. The Morgan fingerprint density at radius 2 is 1.23 bits per heavy atom. The van der Waals surface area contributed by atoms with Crippen LogP contribution in [0.25, 0.3) is 0 Å². The van der Waals surface area contributed by atoms with E-state index in [1.54, 1.807) is 12.1 Å². The molecule has 2 aliphatic rings. The molecule has 0 saturated heterocycles. The molecular weight excluding hydrogens is 520 g/mol. The second-order valence-electron chi connectivity index (χ2n) is 9.67. The number of ketones is 2. The average Bonchev–Trinajstić information content (AvgIpc) is 2.89. The number of hydrogen-bond acceptors (Lipinski definition) is 10. The molecule has 0 spiro atoms. The van der Waals surface area contributed by atoms with Gasteiger partial charge in [-0.15, -0.1) is 0 Å². The van der Waals surface area contributed by atoms with Crippen LogP contribution in [0.1, 0.15) is 62.0 Å². The minimum absolute atomic E-state index is 0.00784. The number of carbonyl (C=O) groups is 2. The van der Waals surface area contributed by atoms with Gasteiger partial charge in [-0.05, 0) is 35.4 Å². The Morgan fingerprint density at radius 3 is 1.88 bits per heavy atom. The van der Waals surface area contributed by atoms with Crippen molar-refractivity contribution in [3.8, 4) is 46.0 Å². The predicted molar refractivity (Wildman–Crippen MR) is 139 cm³/mol. The molecule has 2 aliphatic heterocycles. The average molecular weight is 542 g/mol. The molecule has 4 aromatic rings. The van der Waals surface area contributed by atoms with Crippen molar-refractivity contribution in [2.45, 2.75) is 24.5 Å². The number of rotatable bonds is 3. The summed E-state index contributed by atoms with van der Waals surface area (Å²) >= 11 is 0. The molecule has 0 aliphatic carbocycles. The zero-order valence-electron chi connectivity index (χ0n) is 20.6. The number of aromatic hydroxyl groups is 6. The number of benzene rings is 4. The topological polar surface area (TPSA) is 174 Å². The predicted octanol–water partition coefficient (Wildman–Crippen LogP) is 4.73. The Balaban J connectivity index is 1.57. The summed E-state index contributed by atoms with van der Waals surface area (Å²) in [6.07, 6.45) is -2.20. The van der Waals surface area contributed by atoms with Crippen LogP contribution in [0.15, 0.2) is 66.7 Å². The lowest BCUT2D eigenvalue weighted by atomic mass is 9.78. The minimum Gasteiger partial charge on any atom is -0.508 e. The zero-order valence-corrected chi connectivity index (χ0v) is 20.6. The normalized spacial score (nSPS) is 19.8. The molecule has 6 rings (SSSR count). The number of phenolic OH excluding ortho intramolecular Hbond substituents is 6. The van der Waals surface area contributed by atoms with Gasteiger partial charge < -0.3 is 40.1 Å². The van der Waals surface area contributed by atoms with E-state index >= 15 is 0 Å². The van der Waals surface area contributed by atoms with Crippen LogP contribution < -0.4 is 9.47 Å². The maximum atomic E-state index is 14.1. The van der Waals surface area contributed by atoms with Crippen LogP contribution in [-0.4, -0.2) is 42.2 Å². The molecule has 1 unspecified atom stereocenters. The van der Waals surface area contributed by atoms with Crippen molar-refractivity contribution >= 4 is 11.6 Å². The van der Waals surface area contributed by atoms with Crippen molar-refractivity contribution in [2.24, 2.45) is 0 Å². The number of carbonyl (C=O) groups excluding carboxylic acids is 2. The SMILES string of the molecule is O=C1CC(c2ccc(O)cc2)Oc2c1c(O)cc(O)c2[C@@H]1C(=O)c2c(O)cc(O)cc2O[C@H]1c1ccc(O)cc1. The van der Waals surface area contributed by atoms with Crippen molar-refractivity contribution in [1.29, 1.82) is 0 Å². The van der Waals surface area contributed by atoms with E-state index in [-0.39, 0.29) is 51.9 Å². The van der Waals surface area contributed by atoms with E-state index in [0.29, 0.717) is 11.1 Å². The molecular formula is C30H22O10. The van der Waals surface area contributed by atoms with E-state index in [0.717, 1.165) is 12.1 Å². The Morgan fingerprint density at radius 1 is 0.625 bits per heavy atom. The summed E-state index contributed by atoms with van der Waals surface area (Å²) in [6, 6.07) is 14.8. The van der Waals surface area contributed by atoms with Crippen LogP contribution >= 0.6 is 0 Å². The van der Waals surface area contributed by atoms with E-state index in [1.165, 1.54) is 42.5 Å². The molecule has 10 heteroatoms. The molecule has 0 saturated carbocycles. The van der Waals surface area contributed by atoms with Gasteiger partial charge in [0.1, 0.15) is 69.3 Å². The molecule has 10 nitrogen and oxygen atoms in total. The van der Waals surface area contributed by atoms with Crippen molar-refractivity contribution in [3.05, 3.63) is 94.5 Å². The fourth-order valence-electron chi connectivity index (χ4n) is 5.30. The highest BCUT2D eigenvalue weighted by atomic mass is 16.5. The first-order valence-corrected chi connectivity index (χ1v) is 12.3. The molecule has 0 fully saturated rings. The van der Waals surface area contributed by atoms with Gasteiger partial charge in [0.2, 0.25) is 0 Å². The highest BCUT2D eigenvalue weighted by Crippen LogP contribution is 2.55. The number of hydrogen-bond donors (Lipinski definition) is 6. The maximum absolute atomic E-state index is 14.1. The number of Topliss-reactive ketones (excluding diaryl/α,β-unsaturated/α-hetero) is 2. The molecule has 0 bridgehead atoms. The van der Waals surface area contributed by atoms with E-state index in [1.807, 2.05) is 0 Å². The molecule has 3 atom stereocenters. The molecule has 40 heavy (non-hydrogen) atoms. The van der Waals surface area contributed by atoms with Gasteiger partial charge in [-0.2, -0.15) is 0 Å². The van der Waals surface area contributed by atoms with Crippen molar-refractivity contribution in [3.63, 3.8) is 0 Å². The zero-order chi connectivity index (χ0) is 28.3. The number of fused-ring (bicyclic) bond motifs is 2. The minimum atomic E-state index is -1.40. The summed E-state index contributed by atoms with van der Waals surface area (Å²) in [5.41, 5.74) is 0.302. The van der Waals surface area contributed by atoms with Gasteiger partial charge in [0.25, 0.3) is 0 Å². The third-order valence-electron chi connectivity index (χ3n) is 7.14. The van der Waals surface area contributed by atoms with Gasteiger partial charge in [-0.3, -0.25) is 9.59 Å². The number of phenols is 6. The fourth-order valence-corrected chi connectivity index (χ4v) is 5.30. The first-order chi connectivity index (χ1) is 19.1. The van der Waals surface area contributed by atoms with E-state index < -0.39 is 46.9 Å². The Bertz CT molecular complexity index is 1670. The van der Waals surface area contributed by atoms with Crippen molar-refractivity contribution < 1.29 is 49.7 Å². The van der Waals surface area contributed by atoms with Crippen LogP contribution in [0.5, 0.6) is 46.0 Å².